The van der Waals surface area contributed by atoms with Crippen LogP contribution in [0.5, 0.6) is 5.75 Å². The second-order valence-corrected chi connectivity index (χ2v) is 5.50. The predicted octanol–water partition coefficient (Wildman–Crippen LogP) is 2.54. The number of hydrogen-bond acceptors (Lipinski definition) is 3. The van der Waals surface area contributed by atoms with Crippen LogP contribution in [0, 0.1) is 5.41 Å². The number of hydrogen-bond donors (Lipinski definition) is 2. The monoisotopic (exact) mass is 298 g/mol. The molecule has 6 heteroatoms. The molecule has 1 aliphatic rings. The lowest BCUT2D eigenvalue weighted by Crippen LogP contribution is -2.40. The van der Waals surface area contributed by atoms with Crippen molar-refractivity contribution in [1.82, 2.24) is 5.32 Å². The van der Waals surface area contributed by atoms with E-state index >= 15 is 0 Å². The summed E-state index contributed by atoms with van der Waals surface area (Å²) in [4.78, 5) is 12.1. The van der Waals surface area contributed by atoms with E-state index in [1.54, 1.807) is 0 Å². The standard InChI is InChI=1S/C15H20F2N2O2/c16-14(17)21-12-5-3-11(4-6-12)13(20)19-10-15(9-18)7-1-2-8-15/h3-6,14H,1-2,7-10,18H2,(H,19,20). The van der Waals surface area contributed by atoms with Crippen molar-refractivity contribution in [1.29, 1.82) is 0 Å². The average molecular weight is 298 g/mol. The molecule has 0 unspecified atom stereocenters. The van der Waals surface area contributed by atoms with Crippen molar-refractivity contribution in [3.8, 4) is 5.75 Å². The van der Waals surface area contributed by atoms with Gasteiger partial charge in [0.05, 0.1) is 0 Å². The van der Waals surface area contributed by atoms with Crippen LogP contribution in [0.4, 0.5) is 8.78 Å². The quantitative estimate of drug-likeness (QED) is 0.848. The molecule has 2 rings (SSSR count). The minimum Gasteiger partial charge on any atom is -0.435 e. The molecule has 0 aromatic heterocycles. The second-order valence-electron chi connectivity index (χ2n) is 5.50. The molecule has 4 nitrogen and oxygen atoms in total. The number of carbonyl (C=O) groups is 1. The third-order valence-corrected chi connectivity index (χ3v) is 4.06. The van der Waals surface area contributed by atoms with Crippen LogP contribution in [-0.4, -0.2) is 25.6 Å². The molecule has 0 spiro atoms. The number of alkyl halides is 2. The van der Waals surface area contributed by atoms with E-state index < -0.39 is 6.61 Å². The Bertz CT molecular complexity index is 471. The Balaban J connectivity index is 1.91. The number of nitrogens with one attached hydrogen (secondary N) is 1. The van der Waals surface area contributed by atoms with Gasteiger partial charge in [0.15, 0.2) is 0 Å². The van der Waals surface area contributed by atoms with Crippen LogP contribution in [0.25, 0.3) is 0 Å². The summed E-state index contributed by atoms with van der Waals surface area (Å²) < 4.78 is 28.3. The molecule has 1 saturated carbocycles. The van der Waals surface area contributed by atoms with E-state index in [-0.39, 0.29) is 17.1 Å². The molecule has 0 aliphatic heterocycles. The lowest BCUT2D eigenvalue weighted by molar-refractivity contribution is -0.0498. The van der Waals surface area contributed by atoms with Crippen molar-refractivity contribution >= 4 is 5.91 Å². The minimum atomic E-state index is -2.86. The van der Waals surface area contributed by atoms with Gasteiger partial charge in [-0.05, 0) is 49.1 Å². The summed E-state index contributed by atoms with van der Waals surface area (Å²) in [5.74, 6) is -0.186. The molecule has 0 bridgehead atoms. The molecule has 0 radical (unpaired) electrons. The molecular formula is C15H20F2N2O2. The summed E-state index contributed by atoms with van der Waals surface area (Å²) in [6.45, 7) is -1.75. The molecule has 0 heterocycles. The molecule has 3 N–H and O–H groups in total. The van der Waals surface area contributed by atoms with E-state index in [4.69, 9.17) is 5.73 Å². The first-order chi connectivity index (χ1) is 10.0. The maximum Gasteiger partial charge on any atom is 0.387 e. The normalized spacial score (nSPS) is 17.0. The molecular weight excluding hydrogens is 278 g/mol. The van der Waals surface area contributed by atoms with Gasteiger partial charge in [0, 0.05) is 12.1 Å². The van der Waals surface area contributed by atoms with Gasteiger partial charge < -0.3 is 15.8 Å². The van der Waals surface area contributed by atoms with Crippen molar-refractivity contribution in [3.63, 3.8) is 0 Å². The average Bonchev–Trinajstić information content (AvgIpc) is 2.94. The van der Waals surface area contributed by atoms with E-state index in [0.29, 0.717) is 18.7 Å². The highest BCUT2D eigenvalue weighted by Gasteiger charge is 2.32. The molecule has 21 heavy (non-hydrogen) atoms. The first kappa shape index (κ1) is 15.7. The Hall–Kier alpha value is -1.69. The predicted molar refractivity (Wildman–Crippen MR) is 75.4 cm³/mol. The van der Waals surface area contributed by atoms with Gasteiger partial charge in [0.2, 0.25) is 0 Å². The Morgan fingerprint density at radius 1 is 1.29 bits per heavy atom. The number of nitrogens with two attached hydrogens (primary N) is 1. The first-order valence-electron chi connectivity index (χ1n) is 7.08. The number of ether oxygens (including phenoxy) is 1. The Morgan fingerprint density at radius 2 is 1.90 bits per heavy atom. The van der Waals surface area contributed by atoms with E-state index in [1.807, 2.05) is 0 Å². The molecule has 116 valence electrons. The number of rotatable bonds is 6. The van der Waals surface area contributed by atoms with E-state index in [9.17, 15) is 13.6 Å². The highest BCUT2D eigenvalue weighted by molar-refractivity contribution is 5.94. The summed E-state index contributed by atoms with van der Waals surface area (Å²) in [5.41, 5.74) is 6.25. The summed E-state index contributed by atoms with van der Waals surface area (Å²) >= 11 is 0. The summed E-state index contributed by atoms with van der Waals surface area (Å²) in [6, 6.07) is 5.65. The van der Waals surface area contributed by atoms with Gasteiger partial charge in [-0.1, -0.05) is 12.8 Å². The van der Waals surface area contributed by atoms with Gasteiger partial charge >= 0.3 is 6.61 Å². The molecule has 0 saturated heterocycles. The maximum atomic E-state index is 12.1. The van der Waals surface area contributed by atoms with Gasteiger partial charge in [0.25, 0.3) is 5.91 Å². The third kappa shape index (κ3) is 4.14. The fourth-order valence-electron chi connectivity index (χ4n) is 2.74. The van der Waals surface area contributed by atoms with Gasteiger partial charge in [-0.15, -0.1) is 0 Å². The Labute approximate surface area is 122 Å². The van der Waals surface area contributed by atoms with Crippen LogP contribution in [-0.2, 0) is 0 Å². The van der Waals surface area contributed by atoms with E-state index in [2.05, 4.69) is 10.1 Å². The SMILES string of the molecule is NCC1(CNC(=O)c2ccc(OC(F)F)cc2)CCCC1. The second kappa shape index (κ2) is 6.85. The summed E-state index contributed by atoms with van der Waals surface area (Å²) in [5, 5.41) is 2.88. The summed E-state index contributed by atoms with van der Waals surface area (Å²) in [7, 11) is 0. The molecule has 1 fully saturated rings. The lowest BCUT2D eigenvalue weighted by atomic mass is 9.86. The molecule has 1 aromatic rings. The first-order valence-corrected chi connectivity index (χ1v) is 7.08. The molecule has 1 aliphatic carbocycles. The van der Waals surface area contributed by atoms with Crippen LogP contribution >= 0.6 is 0 Å². The maximum absolute atomic E-state index is 12.1. The zero-order valence-electron chi connectivity index (χ0n) is 11.8. The van der Waals surface area contributed by atoms with Crippen LogP contribution in [0.2, 0.25) is 0 Å². The van der Waals surface area contributed by atoms with E-state index in [1.165, 1.54) is 24.3 Å². The highest BCUT2D eigenvalue weighted by Crippen LogP contribution is 2.36. The van der Waals surface area contributed by atoms with E-state index in [0.717, 1.165) is 25.7 Å². The van der Waals surface area contributed by atoms with Crippen LogP contribution in [0.1, 0.15) is 36.0 Å². The summed E-state index contributed by atoms with van der Waals surface area (Å²) in [6.07, 6.45) is 4.36. The van der Waals surface area contributed by atoms with Crippen molar-refractivity contribution in [2.75, 3.05) is 13.1 Å². The number of amides is 1. The van der Waals surface area contributed by atoms with Crippen molar-refractivity contribution in [2.24, 2.45) is 11.1 Å². The number of benzene rings is 1. The molecule has 0 atom stereocenters. The topological polar surface area (TPSA) is 64.3 Å². The Kier molecular flexibility index (Phi) is 5.12. The van der Waals surface area contributed by atoms with Gasteiger partial charge in [-0.3, -0.25) is 4.79 Å². The molecule has 1 amide bonds. The zero-order valence-corrected chi connectivity index (χ0v) is 11.8. The van der Waals surface area contributed by atoms with Crippen LogP contribution in [0.3, 0.4) is 0 Å². The smallest absolute Gasteiger partial charge is 0.387 e. The van der Waals surface area contributed by atoms with Crippen molar-refractivity contribution in [2.45, 2.75) is 32.3 Å². The van der Waals surface area contributed by atoms with Crippen LogP contribution in [0.15, 0.2) is 24.3 Å². The van der Waals surface area contributed by atoms with Gasteiger partial charge in [-0.25, -0.2) is 0 Å². The van der Waals surface area contributed by atoms with Crippen molar-refractivity contribution < 1.29 is 18.3 Å². The largest absolute Gasteiger partial charge is 0.435 e. The van der Waals surface area contributed by atoms with Gasteiger partial charge in [-0.2, -0.15) is 8.78 Å². The van der Waals surface area contributed by atoms with Crippen LogP contribution < -0.4 is 15.8 Å². The third-order valence-electron chi connectivity index (χ3n) is 4.06. The number of carbonyl (C=O) groups excluding carboxylic acids is 1. The Morgan fingerprint density at radius 3 is 2.43 bits per heavy atom. The molecule has 1 aromatic carbocycles. The van der Waals surface area contributed by atoms with Crippen molar-refractivity contribution in [3.05, 3.63) is 29.8 Å². The lowest BCUT2D eigenvalue weighted by Gasteiger charge is -2.27. The minimum absolute atomic E-state index is 0.00832. The zero-order chi connectivity index (χ0) is 15.3. The fourth-order valence-corrected chi connectivity index (χ4v) is 2.74. The number of halogens is 2. The fraction of sp³-hybridized carbons (Fsp3) is 0.533. The highest BCUT2D eigenvalue weighted by atomic mass is 19.3. The van der Waals surface area contributed by atoms with Gasteiger partial charge in [0.1, 0.15) is 5.75 Å².